The fraction of sp³-hybridized carbons (Fsp3) is 0.300. The van der Waals surface area contributed by atoms with E-state index in [2.05, 4.69) is 0 Å². The van der Waals surface area contributed by atoms with Gasteiger partial charge in [-0.15, -0.1) is 0 Å². The Hall–Kier alpha value is -1.62. The molecule has 0 amide bonds. The number of aliphatic carboxylic acids is 1. The van der Waals surface area contributed by atoms with Crippen LogP contribution in [0.5, 0.6) is 5.75 Å². The van der Waals surface area contributed by atoms with E-state index in [4.69, 9.17) is 15.6 Å². The minimum absolute atomic E-state index is 0.0880. The first-order valence-corrected chi connectivity index (χ1v) is 4.35. The quantitative estimate of drug-likeness (QED) is 0.775. The van der Waals surface area contributed by atoms with Gasteiger partial charge in [-0.3, -0.25) is 4.79 Å². The minimum Gasteiger partial charge on any atom is -0.494 e. The standard InChI is InChI=1S/C10H12FNO3/c1-15-9-5-6(2-3-7(9)11)4-8(12)10(13)14/h2-3,5,8H,4,12H2,1H3,(H,13,14)/t8-/m1/s1. The van der Waals surface area contributed by atoms with E-state index in [-0.39, 0.29) is 12.2 Å². The van der Waals surface area contributed by atoms with Crippen LogP contribution in [-0.4, -0.2) is 24.2 Å². The van der Waals surface area contributed by atoms with Crippen molar-refractivity contribution in [3.05, 3.63) is 29.6 Å². The summed E-state index contributed by atoms with van der Waals surface area (Å²) in [5.41, 5.74) is 5.97. The van der Waals surface area contributed by atoms with Crippen LogP contribution in [0.15, 0.2) is 18.2 Å². The molecular formula is C10H12FNO3. The third kappa shape index (κ3) is 2.92. The molecule has 1 atom stereocenters. The summed E-state index contributed by atoms with van der Waals surface area (Å²) in [4.78, 5) is 10.5. The van der Waals surface area contributed by atoms with Gasteiger partial charge in [0.15, 0.2) is 11.6 Å². The van der Waals surface area contributed by atoms with E-state index >= 15 is 0 Å². The second kappa shape index (κ2) is 4.75. The largest absolute Gasteiger partial charge is 0.494 e. The normalized spacial score (nSPS) is 12.2. The van der Waals surface area contributed by atoms with Crippen molar-refractivity contribution in [3.8, 4) is 5.75 Å². The van der Waals surface area contributed by atoms with Crippen LogP contribution >= 0.6 is 0 Å². The smallest absolute Gasteiger partial charge is 0.320 e. The lowest BCUT2D eigenvalue weighted by Gasteiger charge is -2.08. The lowest BCUT2D eigenvalue weighted by Crippen LogP contribution is -2.32. The van der Waals surface area contributed by atoms with Gasteiger partial charge >= 0.3 is 5.97 Å². The Balaban J connectivity index is 2.83. The number of carboxylic acid groups (broad SMARTS) is 1. The molecule has 0 fully saturated rings. The van der Waals surface area contributed by atoms with Crippen molar-refractivity contribution in [3.63, 3.8) is 0 Å². The van der Waals surface area contributed by atoms with Crippen LogP contribution in [0.3, 0.4) is 0 Å². The van der Waals surface area contributed by atoms with Crippen LogP contribution in [0, 0.1) is 5.82 Å². The topological polar surface area (TPSA) is 72.5 Å². The number of hydrogen-bond donors (Lipinski definition) is 2. The average Bonchev–Trinajstić information content (AvgIpc) is 2.20. The molecule has 4 nitrogen and oxygen atoms in total. The lowest BCUT2D eigenvalue weighted by molar-refractivity contribution is -0.138. The van der Waals surface area contributed by atoms with E-state index < -0.39 is 17.8 Å². The van der Waals surface area contributed by atoms with Crippen molar-refractivity contribution in [1.82, 2.24) is 0 Å². The van der Waals surface area contributed by atoms with E-state index in [0.717, 1.165) is 0 Å². The Labute approximate surface area is 86.5 Å². The second-order valence-electron chi connectivity index (χ2n) is 3.12. The Bertz CT molecular complexity index is 368. The van der Waals surface area contributed by atoms with Crippen molar-refractivity contribution in [2.24, 2.45) is 5.73 Å². The monoisotopic (exact) mass is 213 g/mol. The molecule has 0 saturated heterocycles. The van der Waals surface area contributed by atoms with Crippen LogP contribution in [-0.2, 0) is 11.2 Å². The molecule has 5 heteroatoms. The van der Waals surface area contributed by atoms with Crippen LogP contribution in [0.25, 0.3) is 0 Å². The van der Waals surface area contributed by atoms with Gasteiger partial charge in [0.25, 0.3) is 0 Å². The maximum atomic E-state index is 13.0. The summed E-state index contributed by atoms with van der Waals surface area (Å²) >= 11 is 0. The van der Waals surface area contributed by atoms with E-state index in [1.54, 1.807) is 0 Å². The molecule has 0 saturated carbocycles. The highest BCUT2D eigenvalue weighted by molar-refractivity contribution is 5.73. The molecule has 1 aromatic carbocycles. The Kier molecular flexibility index (Phi) is 3.62. The first-order chi connectivity index (χ1) is 7.04. The zero-order valence-electron chi connectivity index (χ0n) is 8.24. The number of halogens is 1. The maximum Gasteiger partial charge on any atom is 0.320 e. The molecular weight excluding hydrogens is 201 g/mol. The number of methoxy groups -OCH3 is 1. The van der Waals surface area contributed by atoms with Gasteiger partial charge in [0, 0.05) is 0 Å². The molecule has 0 unspecified atom stereocenters. The average molecular weight is 213 g/mol. The van der Waals surface area contributed by atoms with Gasteiger partial charge in [-0.1, -0.05) is 6.07 Å². The van der Waals surface area contributed by atoms with E-state index in [1.165, 1.54) is 25.3 Å². The van der Waals surface area contributed by atoms with Crippen molar-refractivity contribution >= 4 is 5.97 Å². The second-order valence-corrected chi connectivity index (χ2v) is 3.12. The summed E-state index contributed by atoms with van der Waals surface area (Å²) in [6, 6.07) is 3.17. The zero-order valence-corrected chi connectivity index (χ0v) is 8.24. The minimum atomic E-state index is -1.08. The Morgan fingerprint density at radius 2 is 2.33 bits per heavy atom. The molecule has 3 N–H and O–H groups in total. The molecule has 0 aliphatic heterocycles. The van der Waals surface area contributed by atoms with Crippen molar-refractivity contribution in [2.75, 3.05) is 7.11 Å². The number of nitrogens with two attached hydrogens (primary N) is 1. The SMILES string of the molecule is COc1cc(C[C@@H](N)C(=O)O)ccc1F. The van der Waals surface area contributed by atoms with Gasteiger partial charge in [0.1, 0.15) is 6.04 Å². The number of hydrogen-bond acceptors (Lipinski definition) is 3. The molecule has 0 aliphatic rings. The molecule has 15 heavy (non-hydrogen) atoms. The summed E-state index contributed by atoms with van der Waals surface area (Å²) in [5, 5.41) is 8.59. The van der Waals surface area contributed by atoms with Crippen LogP contribution in [0.1, 0.15) is 5.56 Å². The molecule has 82 valence electrons. The predicted octanol–water partition coefficient (Wildman–Crippen LogP) is 0.789. The highest BCUT2D eigenvalue weighted by atomic mass is 19.1. The first kappa shape index (κ1) is 11.5. The van der Waals surface area contributed by atoms with Crippen LogP contribution < -0.4 is 10.5 Å². The molecule has 0 heterocycles. The summed E-state index contributed by atoms with van der Waals surface area (Å²) in [7, 11) is 1.35. The molecule has 0 bridgehead atoms. The highest BCUT2D eigenvalue weighted by Gasteiger charge is 2.13. The summed E-state index contributed by atoms with van der Waals surface area (Å²) < 4.78 is 17.8. The summed E-state index contributed by atoms with van der Waals surface area (Å²) in [6.45, 7) is 0. The van der Waals surface area contributed by atoms with Crippen molar-refractivity contribution < 1.29 is 19.0 Å². The zero-order chi connectivity index (χ0) is 11.4. The van der Waals surface area contributed by atoms with Gasteiger partial charge in [0.2, 0.25) is 0 Å². The molecule has 1 aromatic rings. The molecule has 0 aromatic heterocycles. The predicted molar refractivity (Wildman–Crippen MR) is 52.3 cm³/mol. The highest BCUT2D eigenvalue weighted by Crippen LogP contribution is 2.18. The third-order valence-electron chi connectivity index (χ3n) is 1.99. The van der Waals surface area contributed by atoms with Crippen molar-refractivity contribution in [2.45, 2.75) is 12.5 Å². The molecule has 0 aliphatic carbocycles. The fourth-order valence-electron chi connectivity index (χ4n) is 1.17. The summed E-state index contributed by atoms with van der Waals surface area (Å²) in [6.07, 6.45) is 0.145. The van der Waals surface area contributed by atoms with Crippen LogP contribution in [0.4, 0.5) is 4.39 Å². The van der Waals surface area contributed by atoms with Crippen molar-refractivity contribution in [1.29, 1.82) is 0 Å². The number of carbonyl (C=O) groups is 1. The van der Waals surface area contributed by atoms with Gasteiger partial charge in [0.05, 0.1) is 7.11 Å². The molecule has 1 rings (SSSR count). The number of carboxylic acids is 1. The Morgan fingerprint density at radius 1 is 1.67 bits per heavy atom. The van der Waals surface area contributed by atoms with Gasteiger partial charge in [-0.25, -0.2) is 4.39 Å². The third-order valence-corrected chi connectivity index (χ3v) is 1.99. The number of benzene rings is 1. The lowest BCUT2D eigenvalue weighted by atomic mass is 10.1. The first-order valence-electron chi connectivity index (χ1n) is 4.35. The van der Waals surface area contributed by atoms with E-state index in [9.17, 15) is 9.18 Å². The molecule has 0 radical (unpaired) electrons. The van der Waals surface area contributed by atoms with Crippen LogP contribution in [0.2, 0.25) is 0 Å². The maximum absolute atomic E-state index is 13.0. The number of ether oxygens (including phenoxy) is 1. The van der Waals surface area contributed by atoms with E-state index in [0.29, 0.717) is 5.56 Å². The Morgan fingerprint density at radius 3 is 2.87 bits per heavy atom. The molecule has 0 spiro atoms. The van der Waals surface area contributed by atoms with E-state index in [1.807, 2.05) is 0 Å². The van der Waals surface area contributed by atoms with Gasteiger partial charge in [-0.2, -0.15) is 0 Å². The fourth-order valence-corrected chi connectivity index (χ4v) is 1.17. The summed E-state index contributed by atoms with van der Waals surface area (Å²) in [5.74, 6) is -1.48. The number of rotatable bonds is 4. The van der Waals surface area contributed by atoms with Gasteiger partial charge < -0.3 is 15.6 Å². The van der Waals surface area contributed by atoms with Gasteiger partial charge in [-0.05, 0) is 24.1 Å².